The first-order chi connectivity index (χ1) is 8.86. The summed E-state index contributed by atoms with van der Waals surface area (Å²) in [5.74, 6) is 0. The Bertz CT molecular complexity index is 587. The van der Waals surface area contributed by atoms with Crippen molar-refractivity contribution in [3.8, 4) is 0 Å². The van der Waals surface area contributed by atoms with Crippen LogP contribution in [-0.2, 0) is 4.74 Å². The number of pyridine rings is 1. The predicted molar refractivity (Wildman–Crippen MR) is 70.0 cm³/mol. The van der Waals surface area contributed by atoms with Gasteiger partial charge in [-0.25, -0.2) is 0 Å². The van der Waals surface area contributed by atoms with Crippen molar-refractivity contribution in [1.29, 1.82) is 0 Å². The summed E-state index contributed by atoms with van der Waals surface area (Å²) in [7, 11) is 0. The molecule has 92 valence electrons. The fourth-order valence-electron chi connectivity index (χ4n) is 2.32. The van der Waals surface area contributed by atoms with Gasteiger partial charge in [0.1, 0.15) is 6.10 Å². The number of aliphatic hydroxyl groups is 1. The lowest BCUT2D eigenvalue weighted by atomic mass is 9.98. The van der Waals surface area contributed by atoms with Gasteiger partial charge in [-0.05, 0) is 29.9 Å². The van der Waals surface area contributed by atoms with Crippen LogP contribution in [0.1, 0.15) is 24.6 Å². The smallest absolute Gasteiger partial charge is 0.121 e. The zero-order valence-corrected chi connectivity index (χ0v) is 10.0. The lowest BCUT2D eigenvalue weighted by Crippen LogP contribution is -2.09. The SMILES string of the molecule is OC(C1=COCCC1)c1nccc2ccccc12. The van der Waals surface area contributed by atoms with Crippen LogP contribution in [0.3, 0.4) is 0 Å². The number of hydrogen-bond donors (Lipinski definition) is 1. The van der Waals surface area contributed by atoms with Gasteiger partial charge < -0.3 is 9.84 Å². The summed E-state index contributed by atoms with van der Waals surface area (Å²) in [6.45, 7) is 0.735. The lowest BCUT2D eigenvalue weighted by molar-refractivity contribution is 0.168. The van der Waals surface area contributed by atoms with Gasteiger partial charge in [0.05, 0.1) is 18.6 Å². The first-order valence-electron chi connectivity index (χ1n) is 6.18. The number of aliphatic hydroxyl groups excluding tert-OH is 1. The molecule has 3 heteroatoms. The molecule has 0 fully saturated rings. The van der Waals surface area contributed by atoms with Gasteiger partial charge in [-0.15, -0.1) is 0 Å². The van der Waals surface area contributed by atoms with Crippen LogP contribution in [0.25, 0.3) is 10.8 Å². The number of fused-ring (bicyclic) bond motifs is 1. The third-order valence-electron chi connectivity index (χ3n) is 3.28. The van der Waals surface area contributed by atoms with Crippen LogP contribution in [0.2, 0.25) is 0 Å². The summed E-state index contributed by atoms with van der Waals surface area (Å²) in [6.07, 6.45) is 4.57. The van der Waals surface area contributed by atoms with Gasteiger partial charge >= 0.3 is 0 Å². The standard InChI is InChI=1S/C15H15NO2/c17-15(12-5-3-9-18-10-12)14-13-6-2-1-4-11(13)7-8-16-14/h1-2,4,6-8,10,15,17H,3,5,9H2. The van der Waals surface area contributed by atoms with Crippen LogP contribution >= 0.6 is 0 Å². The lowest BCUT2D eigenvalue weighted by Gasteiger charge is -2.19. The summed E-state index contributed by atoms with van der Waals surface area (Å²) in [5, 5.41) is 12.5. The second kappa shape index (κ2) is 4.78. The van der Waals surface area contributed by atoms with Crippen molar-refractivity contribution < 1.29 is 9.84 Å². The molecule has 0 saturated heterocycles. The van der Waals surface area contributed by atoms with E-state index < -0.39 is 6.10 Å². The van der Waals surface area contributed by atoms with Gasteiger partial charge in [-0.1, -0.05) is 24.3 Å². The predicted octanol–water partition coefficient (Wildman–Crippen LogP) is 2.96. The van der Waals surface area contributed by atoms with E-state index in [1.165, 1.54) is 0 Å². The average Bonchev–Trinajstić information content (AvgIpc) is 2.47. The fourth-order valence-corrected chi connectivity index (χ4v) is 2.32. The molecule has 0 radical (unpaired) electrons. The number of ether oxygens (including phenoxy) is 1. The van der Waals surface area contributed by atoms with Crippen LogP contribution in [0.15, 0.2) is 48.4 Å². The summed E-state index contributed by atoms with van der Waals surface area (Å²) < 4.78 is 5.29. The maximum absolute atomic E-state index is 10.4. The molecular weight excluding hydrogens is 226 g/mol. The molecule has 1 aromatic heterocycles. The highest BCUT2D eigenvalue weighted by atomic mass is 16.5. The van der Waals surface area contributed by atoms with E-state index in [9.17, 15) is 5.11 Å². The maximum atomic E-state index is 10.4. The largest absolute Gasteiger partial charge is 0.501 e. The molecule has 2 heterocycles. The van der Waals surface area contributed by atoms with Crippen LogP contribution in [0.4, 0.5) is 0 Å². The van der Waals surface area contributed by atoms with Gasteiger partial charge in [0.25, 0.3) is 0 Å². The monoisotopic (exact) mass is 241 g/mol. The van der Waals surface area contributed by atoms with Crippen molar-refractivity contribution in [2.24, 2.45) is 0 Å². The first kappa shape index (κ1) is 11.2. The molecule has 0 saturated carbocycles. The molecule has 1 N–H and O–H groups in total. The van der Waals surface area contributed by atoms with E-state index in [-0.39, 0.29) is 0 Å². The van der Waals surface area contributed by atoms with Gasteiger partial charge in [0.2, 0.25) is 0 Å². The molecule has 0 spiro atoms. The molecule has 1 aliphatic heterocycles. The summed E-state index contributed by atoms with van der Waals surface area (Å²) in [5.41, 5.74) is 1.62. The van der Waals surface area contributed by atoms with Crippen molar-refractivity contribution in [1.82, 2.24) is 4.98 Å². The van der Waals surface area contributed by atoms with Gasteiger partial charge in [-0.3, -0.25) is 4.98 Å². The first-order valence-corrected chi connectivity index (χ1v) is 6.18. The number of rotatable bonds is 2. The van der Waals surface area contributed by atoms with Crippen LogP contribution in [-0.4, -0.2) is 16.7 Å². The van der Waals surface area contributed by atoms with E-state index in [4.69, 9.17) is 4.74 Å². The quantitative estimate of drug-likeness (QED) is 0.879. The normalized spacial score (nSPS) is 17.1. The number of aromatic nitrogens is 1. The Morgan fingerprint density at radius 3 is 2.94 bits per heavy atom. The van der Waals surface area contributed by atoms with Crippen molar-refractivity contribution in [3.05, 3.63) is 54.1 Å². The second-order valence-corrected chi connectivity index (χ2v) is 4.49. The summed E-state index contributed by atoms with van der Waals surface area (Å²) >= 11 is 0. The highest BCUT2D eigenvalue weighted by Gasteiger charge is 2.19. The molecule has 0 bridgehead atoms. The van der Waals surface area contributed by atoms with E-state index in [2.05, 4.69) is 4.98 Å². The molecule has 1 aromatic carbocycles. The Balaban J connectivity index is 2.05. The topological polar surface area (TPSA) is 42.4 Å². The second-order valence-electron chi connectivity index (χ2n) is 4.49. The van der Waals surface area contributed by atoms with Crippen molar-refractivity contribution in [2.45, 2.75) is 18.9 Å². The Morgan fingerprint density at radius 1 is 1.22 bits per heavy atom. The van der Waals surface area contributed by atoms with Crippen LogP contribution in [0.5, 0.6) is 0 Å². The van der Waals surface area contributed by atoms with E-state index in [1.807, 2.05) is 30.3 Å². The average molecular weight is 241 g/mol. The summed E-state index contributed by atoms with van der Waals surface area (Å²) in [6, 6.07) is 9.93. The molecule has 2 aromatic rings. The van der Waals surface area contributed by atoms with Gasteiger partial charge in [0, 0.05) is 11.6 Å². The van der Waals surface area contributed by atoms with E-state index in [0.29, 0.717) is 5.69 Å². The van der Waals surface area contributed by atoms with E-state index in [0.717, 1.165) is 35.8 Å². The fraction of sp³-hybridized carbons (Fsp3) is 0.267. The van der Waals surface area contributed by atoms with Crippen LogP contribution in [0, 0.1) is 0 Å². The molecule has 3 rings (SSSR count). The third-order valence-corrected chi connectivity index (χ3v) is 3.28. The minimum Gasteiger partial charge on any atom is -0.501 e. The minimum absolute atomic E-state index is 0.670. The molecular formula is C15H15NO2. The van der Waals surface area contributed by atoms with Crippen molar-refractivity contribution in [2.75, 3.05) is 6.61 Å². The Hall–Kier alpha value is -1.87. The molecule has 18 heavy (non-hydrogen) atoms. The van der Waals surface area contributed by atoms with E-state index in [1.54, 1.807) is 12.5 Å². The zero-order chi connectivity index (χ0) is 12.4. The number of hydrogen-bond acceptors (Lipinski definition) is 3. The Labute approximate surface area is 106 Å². The van der Waals surface area contributed by atoms with Gasteiger partial charge in [-0.2, -0.15) is 0 Å². The van der Waals surface area contributed by atoms with Gasteiger partial charge in [0.15, 0.2) is 0 Å². The highest BCUT2D eigenvalue weighted by molar-refractivity contribution is 5.84. The molecule has 0 amide bonds. The number of nitrogens with zero attached hydrogens (tertiary/aromatic N) is 1. The Morgan fingerprint density at radius 2 is 2.11 bits per heavy atom. The zero-order valence-electron chi connectivity index (χ0n) is 10.0. The Kier molecular flexibility index (Phi) is 2.99. The minimum atomic E-state index is -0.670. The van der Waals surface area contributed by atoms with Crippen molar-refractivity contribution >= 4 is 10.8 Å². The molecule has 1 atom stereocenters. The highest BCUT2D eigenvalue weighted by Crippen LogP contribution is 2.30. The van der Waals surface area contributed by atoms with Crippen LogP contribution < -0.4 is 0 Å². The molecule has 1 unspecified atom stereocenters. The van der Waals surface area contributed by atoms with E-state index >= 15 is 0 Å². The maximum Gasteiger partial charge on any atom is 0.121 e. The number of benzene rings is 1. The summed E-state index contributed by atoms with van der Waals surface area (Å²) in [4.78, 5) is 4.34. The molecule has 1 aliphatic rings. The molecule has 3 nitrogen and oxygen atoms in total. The molecule has 0 aliphatic carbocycles. The third kappa shape index (κ3) is 1.97. The van der Waals surface area contributed by atoms with Crippen molar-refractivity contribution in [3.63, 3.8) is 0 Å².